The lowest BCUT2D eigenvalue weighted by Gasteiger charge is -2.11. The Labute approximate surface area is 106 Å². The molecule has 5 nitrogen and oxygen atoms in total. The molecule has 0 saturated heterocycles. The van der Waals surface area contributed by atoms with Crippen LogP contribution in [0.25, 0.3) is 0 Å². The van der Waals surface area contributed by atoms with Crippen LogP contribution in [-0.2, 0) is 15.7 Å². The van der Waals surface area contributed by atoms with E-state index in [2.05, 4.69) is 10.3 Å². The summed E-state index contributed by atoms with van der Waals surface area (Å²) in [6.45, 7) is 1.34. The largest absolute Gasteiger partial charge is 0.449 e. The molecule has 0 spiro atoms. The molecule has 0 fully saturated rings. The van der Waals surface area contributed by atoms with Crippen LogP contribution in [0.5, 0.6) is 0 Å². The molecule has 0 saturated carbocycles. The summed E-state index contributed by atoms with van der Waals surface area (Å²) < 4.78 is 41.5. The highest BCUT2D eigenvalue weighted by molar-refractivity contribution is 5.91. The number of pyridine rings is 1. The van der Waals surface area contributed by atoms with Crippen LogP contribution in [0, 0.1) is 0 Å². The fourth-order valence-corrected chi connectivity index (χ4v) is 1.17. The number of amides is 1. The third kappa shape index (κ3) is 3.94. The Morgan fingerprint density at radius 3 is 2.42 bits per heavy atom. The van der Waals surface area contributed by atoms with E-state index in [9.17, 15) is 22.8 Å². The first-order chi connectivity index (χ1) is 8.75. The Morgan fingerprint density at radius 1 is 1.37 bits per heavy atom. The van der Waals surface area contributed by atoms with E-state index in [1.54, 1.807) is 0 Å². The smallest absolute Gasteiger partial charge is 0.433 e. The maximum absolute atomic E-state index is 12.3. The number of aromatic nitrogens is 1. The number of carbonyl (C=O) groups is 2. The van der Waals surface area contributed by atoms with Crippen LogP contribution in [0.1, 0.15) is 23.0 Å². The van der Waals surface area contributed by atoms with Crippen molar-refractivity contribution in [3.8, 4) is 0 Å². The van der Waals surface area contributed by atoms with E-state index in [-0.39, 0.29) is 5.56 Å². The van der Waals surface area contributed by atoms with Gasteiger partial charge >= 0.3 is 12.1 Å². The second-order valence-electron chi connectivity index (χ2n) is 3.59. The second kappa shape index (κ2) is 5.68. The van der Waals surface area contributed by atoms with Crippen LogP contribution in [0.3, 0.4) is 0 Å². The summed E-state index contributed by atoms with van der Waals surface area (Å²) in [4.78, 5) is 25.7. The van der Waals surface area contributed by atoms with Crippen LogP contribution < -0.4 is 5.32 Å². The minimum Gasteiger partial charge on any atom is -0.449 e. The summed E-state index contributed by atoms with van der Waals surface area (Å²) in [7, 11) is 1.37. The van der Waals surface area contributed by atoms with Crippen LogP contribution >= 0.6 is 0 Å². The summed E-state index contributed by atoms with van der Waals surface area (Å²) in [5, 5.41) is 2.27. The van der Waals surface area contributed by atoms with E-state index in [1.807, 2.05) is 0 Å². The molecular formula is C11H11F3N2O3. The fourth-order valence-electron chi connectivity index (χ4n) is 1.17. The molecule has 8 heteroatoms. The van der Waals surface area contributed by atoms with Gasteiger partial charge in [-0.3, -0.25) is 9.78 Å². The van der Waals surface area contributed by atoms with Crippen molar-refractivity contribution < 1.29 is 27.5 Å². The lowest BCUT2D eigenvalue weighted by Crippen LogP contribution is -2.33. The quantitative estimate of drug-likeness (QED) is 0.847. The van der Waals surface area contributed by atoms with Gasteiger partial charge in [0.1, 0.15) is 5.69 Å². The maximum atomic E-state index is 12.3. The first-order valence-corrected chi connectivity index (χ1v) is 5.21. The first-order valence-electron chi connectivity index (χ1n) is 5.21. The molecule has 0 aliphatic carbocycles. The molecule has 0 radical (unpaired) electrons. The van der Waals surface area contributed by atoms with Crippen molar-refractivity contribution in [3.05, 3.63) is 29.6 Å². The molecule has 0 aromatic carbocycles. The summed E-state index contributed by atoms with van der Waals surface area (Å²) in [6.07, 6.45) is -4.86. The molecule has 1 aromatic rings. The van der Waals surface area contributed by atoms with E-state index >= 15 is 0 Å². The minimum absolute atomic E-state index is 0.163. The number of halogens is 3. The number of carbonyl (C=O) groups excluding carboxylic acids is 2. The van der Waals surface area contributed by atoms with E-state index in [0.717, 1.165) is 12.3 Å². The highest BCUT2D eigenvalue weighted by Crippen LogP contribution is 2.27. The summed E-state index contributed by atoms with van der Waals surface area (Å²) in [6, 6.07) is 1.61. The normalized spacial score (nSPS) is 12.7. The highest BCUT2D eigenvalue weighted by Gasteiger charge is 2.32. The number of hydrogen-bond acceptors (Lipinski definition) is 4. The van der Waals surface area contributed by atoms with Crippen molar-refractivity contribution in [2.24, 2.45) is 0 Å². The molecule has 0 aliphatic rings. The Kier molecular flexibility index (Phi) is 4.47. The van der Waals surface area contributed by atoms with Gasteiger partial charge in [0.2, 0.25) is 0 Å². The zero-order chi connectivity index (χ0) is 14.6. The predicted octanol–water partition coefficient (Wildman–Crippen LogP) is 1.39. The van der Waals surface area contributed by atoms with Crippen molar-refractivity contribution >= 4 is 11.9 Å². The van der Waals surface area contributed by atoms with Gasteiger partial charge in [0.25, 0.3) is 5.91 Å². The number of ether oxygens (including phenoxy) is 1. The van der Waals surface area contributed by atoms with E-state index in [1.165, 1.54) is 14.0 Å². The molecule has 0 aliphatic heterocycles. The predicted molar refractivity (Wildman–Crippen MR) is 58.2 cm³/mol. The number of nitrogens with zero attached hydrogens (tertiary/aromatic N) is 1. The molecule has 1 aromatic heterocycles. The number of hydrogen-bond donors (Lipinski definition) is 1. The van der Waals surface area contributed by atoms with Crippen LogP contribution in [-0.4, -0.2) is 30.0 Å². The lowest BCUT2D eigenvalue weighted by molar-refractivity contribution is -0.141. The average Bonchev–Trinajstić information content (AvgIpc) is 2.36. The minimum atomic E-state index is -4.57. The molecule has 104 valence electrons. The summed E-state index contributed by atoms with van der Waals surface area (Å²) in [5.74, 6) is -1.44. The van der Waals surface area contributed by atoms with Gasteiger partial charge in [-0.15, -0.1) is 0 Å². The lowest BCUT2D eigenvalue weighted by atomic mass is 10.2. The van der Waals surface area contributed by atoms with Crippen molar-refractivity contribution in [3.63, 3.8) is 0 Å². The number of alkyl halides is 3. The zero-order valence-electron chi connectivity index (χ0n) is 10.1. The zero-order valence-corrected chi connectivity index (χ0v) is 10.1. The Morgan fingerprint density at radius 2 is 2.00 bits per heavy atom. The molecular weight excluding hydrogens is 265 g/mol. The third-order valence-electron chi connectivity index (χ3n) is 2.19. The number of nitrogens with one attached hydrogen (secondary N) is 1. The molecule has 1 amide bonds. The second-order valence-corrected chi connectivity index (χ2v) is 3.59. The van der Waals surface area contributed by atoms with Gasteiger partial charge in [-0.1, -0.05) is 0 Å². The number of rotatable bonds is 3. The molecule has 1 N–H and O–H groups in total. The van der Waals surface area contributed by atoms with Gasteiger partial charge in [-0.25, -0.2) is 4.79 Å². The van der Waals surface area contributed by atoms with Crippen molar-refractivity contribution in [1.29, 1.82) is 0 Å². The van der Waals surface area contributed by atoms with Gasteiger partial charge in [0.15, 0.2) is 6.10 Å². The maximum Gasteiger partial charge on any atom is 0.433 e. The topological polar surface area (TPSA) is 68.3 Å². The van der Waals surface area contributed by atoms with Gasteiger partial charge in [0.05, 0.1) is 5.56 Å². The Bertz CT molecular complexity index is 471. The van der Waals surface area contributed by atoms with Gasteiger partial charge in [0, 0.05) is 13.2 Å². The summed E-state index contributed by atoms with van der Waals surface area (Å²) in [5.41, 5.74) is -1.27. The molecule has 0 bridgehead atoms. The number of likely N-dealkylation sites (N-methyl/N-ethyl adjacent to an activating group) is 1. The van der Waals surface area contributed by atoms with E-state index in [4.69, 9.17) is 4.74 Å². The monoisotopic (exact) mass is 276 g/mol. The number of esters is 1. The van der Waals surface area contributed by atoms with E-state index < -0.39 is 29.9 Å². The Hall–Kier alpha value is -2.12. The molecule has 19 heavy (non-hydrogen) atoms. The van der Waals surface area contributed by atoms with Crippen molar-refractivity contribution in [1.82, 2.24) is 10.3 Å². The van der Waals surface area contributed by atoms with Gasteiger partial charge in [-0.2, -0.15) is 13.2 Å². The van der Waals surface area contributed by atoms with Crippen LogP contribution in [0.15, 0.2) is 18.3 Å². The average molecular weight is 276 g/mol. The standard InChI is InChI=1S/C11H11F3N2O3/c1-6(9(17)15-2)19-10(18)7-3-4-8(16-5-7)11(12,13)14/h3-6H,1-2H3,(H,15,17). The summed E-state index contributed by atoms with van der Waals surface area (Å²) >= 11 is 0. The van der Waals surface area contributed by atoms with Crippen LogP contribution in [0.2, 0.25) is 0 Å². The first kappa shape index (κ1) is 14.9. The van der Waals surface area contributed by atoms with Crippen molar-refractivity contribution in [2.75, 3.05) is 7.05 Å². The third-order valence-corrected chi connectivity index (χ3v) is 2.19. The molecule has 1 rings (SSSR count). The van der Waals surface area contributed by atoms with Gasteiger partial charge < -0.3 is 10.1 Å². The molecule has 1 atom stereocenters. The highest BCUT2D eigenvalue weighted by atomic mass is 19.4. The molecule has 1 unspecified atom stereocenters. The van der Waals surface area contributed by atoms with E-state index in [0.29, 0.717) is 6.07 Å². The van der Waals surface area contributed by atoms with Crippen LogP contribution in [0.4, 0.5) is 13.2 Å². The SMILES string of the molecule is CNC(=O)C(C)OC(=O)c1ccc(C(F)(F)F)nc1. The fraction of sp³-hybridized carbons (Fsp3) is 0.364. The van der Waals surface area contributed by atoms with Crippen molar-refractivity contribution in [2.45, 2.75) is 19.2 Å². The Balaban J connectivity index is 2.76. The molecule has 1 heterocycles. The van der Waals surface area contributed by atoms with Gasteiger partial charge in [-0.05, 0) is 19.1 Å².